The predicted octanol–water partition coefficient (Wildman–Crippen LogP) is 0.550. The van der Waals surface area contributed by atoms with E-state index in [-0.39, 0.29) is 0 Å². The lowest BCUT2D eigenvalue weighted by atomic mass is 9.92. The van der Waals surface area contributed by atoms with Crippen molar-refractivity contribution in [2.45, 2.75) is 18.4 Å². The van der Waals surface area contributed by atoms with Crippen molar-refractivity contribution in [2.24, 2.45) is 0 Å². The van der Waals surface area contributed by atoms with Crippen LogP contribution in [0.15, 0.2) is 23.3 Å². The maximum atomic E-state index is 11.6. The minimum atomic E-state index is -1.10. The highest BCUT2D eigenvalue weighted by molar-refractivity contribution is 7.99. The summed E-state index contributed by atoms with van der Waals surface area (Å²) in [6.07, 6.45) is 3.84. The molecule has 1 aromatic rings. The third-order valence-electron chi connectivity index (χ3n) is 2.89. The second-order valence-electron chi connectivity index (χ2n) is 3.72. The Morgan fingerprint density at radius 1 is 1.50 bits per heavy atom. The number of carboxylic acids is 1. The van der Waals surface area contributed by atoms with E-state index in [1.807, 2.05) is 0 Å². The van der Waals surface area contributed by atoms with Crippen molar-refractivity contribution < 1.29 is 9.90 Å². The average molecular weight is 240 g/mol. The summed E-state index contributed by atoms with van der Waals surface area (Å²) in [5.74, 6) is 0.573. The van der Waals surface area contributed by atoms with Gasteiger partial charge in [0, 0.05) is 12.4 Å². The molecule has 16 heavy (non-hydrogen) atoms. The molecule has 0 saturated carbocycles. The molecule has 1 aliphatic rings. The van der Waals surface area contributed by atoms with Gasteiger partial charge in [-0.05, 0) is 30.4 Å². The number of aliphatic carboxylic acids is 1. The Balaban J connectivity index is 2.51. The molecular weight excluding hydrogens is 228 g/mol. The molecular formula is C10H12N2O3S. The number of aromatic nitrogens is 2. The fourth-order valence-corrected chi connectivity index (χ4v) is 3.12. The van der Waals surface area contributed by atoms with Gasteiger partial charge in [-0.15, -0.1) is 0 Å². The van der Waals surface area contributed by atoms with Crippen LogP contribution in [-0.2, 0) is 10.3 Å². The van der Waals surface area contributed by atoms with Crippen LogP contribution in [0, 0.1) is 0 Å². The van der Waals surface area contributed by atoms with E-state index in [2.05, 4.69) is 4.98 Å². The Hall–Kier alpha value is -1.30. The molecule has 0 spiro atoms. The maximum absolute atomic E-state index is 11.6. The maximum Gasteiger partial charge on any atom is 0.348 e. The number of carbonyl (C=O) groups is 1. The standard InChI is InChI=1S/C10H12N2O3S/c13-8(14)10(2-6-16-7-3-10)12-5-1-4-11-9(12)15/h1,4-5H,2-3,6-7H2,(H,13,14). The normalized spacial score (nSPS) is 19.2. The largest absolute Gasteiger partial charge is 0.479 e. The number of hydrogen-bond acceptors (Lipinski definition) is 4. The molecule has 2 heterocycles. The van der Waals surface area contributed by atoms with Crippen LogP contribution >= 0.6 is 11.8 Å². The predicted molar refractivity (Wildman–Crippen MR) is 60.7 cm³/mol. The highest BCUT2D eigenvalue weighted by atomic mass is 32.2. The van der Waals surface area contributed by atoms with Crippen molar-refractivity contribution in [1.82, 2.24) is 9.55 Å². The van der Waals surface area contributed by atoms with Crippen molar-refractivity contribution in [3.05, 3.63) is 28.9 Å². The number of hydrogen-bond donors (Lipinski definition) is 1. The van der Waals surface area contributed by atoms with Gasteiger partial charge in [0.1, 0.15) is 5.54 Å². The van der Waals surface area contributed by atoms with E-state index in [1.54, 1.807) is 17.8 Å². The molecule has 0 radical (unpaired) electrons. The van der Waals surface area contributed by atoms with E-state index >= 15 is 0 Å². The van der Waals surface area contributed by atoms with E-state index in [0.717, 1.165) is 11.5 Å². The first-order chi connectivity index (χ1) is 7.67. The van der Waals surface area contributed by atoms with E-state index in [0.29, 0.717) is 12.8 Å². The van der Waals surface area contributed by atoms with Gasteiger partial charge in [-0.1, -0.05) is 0 Å². The van der Waals surface area contributed by atoms with Gasteiger partial charge in [0.05, 0.1) is 0 Å². The average Bonchev–Trinajstić information content (AvgIpc) is 2.30. The van der Waals surface area contributed by atoms with Crippen LogP contribution in [0.5, 0.6) is 0 Å². The summed E-state index contributed by atoms with van der Waals surface area (Å²) in [4.78, 5) is 26.7. The van der Waals surface area contributed by atoms with E-state index in [4.69, 9.17) is 0 Å². The number of carboxylic acid groups (broad SMARTS) is 1. The Morgan fingerprint density at radius 2 is 2.19 bits per heavy atom. The highest BCUT2D eigenvalue weighted by Gasteiger charge is 2.42. The minimum absolute atomic E-state index is 0.471. The zero-order valence-electron chi connectivity index (χ0n) is 8.63. The van der Waals surface area contributed by atoms with E-state index < -0.39 is 17.2 Å². The summed E-state index contributed by atoms with van der Waals surface area (Å²) in [5.41, 5.74) is -1.59. The molecule has 0 amide bonds. The summed E-state index contributed by atoms with van der Waals surface area (Å²) in [5, 5.41) is 9.37. The van der Waals surface area contributed by atoms with Crippen LogP contribution in [0.1, 0.15) is 12.8 Å². The zero-order valence-corrected chi connectivity index (χ0v) is 9.44. The molecule has 0 bridgehead atoms. The molecule has 0 aliphatic carbocycles. The van der Waals surface area contributed by atoms with Gasteiger partial charge in [-0.2, -0.15) is 11.8 Å². The first-order valence-corrected chi connectivity index (χ1v) is 6.17. The molecule has 0 atom stereocenters. The quantitative estimate of drug-likeness (QED) is 0.817. The van der Waals surface area contributed by atoms with Gasteiger partial charge < -0.3 is 5.11 Å². The third kappa shape index (κ3) is 1.73. The van der Waals surface area contributed by atoms with Gasteiger partial charge >= 0.3 is 11.7 Å². The first-order valence-electron chi connectivity index (χ1n) is 5.02. The second kappa shape index (κ2) is 4.29. The van der Waals surface area contributed by atoms with Crippen LogP contribution in [0.25, 0.3) is 0 Å². The lowest BCUT2D eigenvalue weighted by Gasteiger charge is -2.34. The fraction of sp³-hybridized carbons (Fsp3) is 0.500. The Labute approximate surface area is 96.5 Å². The third-order valence-corrected chi connectivity index (χ3v) is 3.88. The molecule has 86 valence electrons. The summed E-state index contributed by atoms with van der Waals surface area (Å²) in [6, 6.07) is 1.59. The molecule has 0 aromatic carbocycles. The van der Waals surface area contributed by atoms with Gasteiger partial charge in [0.2, 0.25) is 0 Å². The summed E-state index contributed by atoms with van der Waals surface area (Å²) in [6.45, 7) is 0. The van der Waals surface area contributed by atoms with Gasteiger partial charge in [-0.3, -0.25) is 4.57 Å². The lowest BCUT2D eigenvalue weighted by molar-refractivity contribution is -0.148. The molecule has 2 rings (SSSR count). The molecule has 1 N–H and O–H groups in total. The molecule has 1 aromatic heterocycles. The monoisotopic (exact) mass is 240 g/mol. The molecule has 1 saturated heterocycles. The number of nitrogens with zero attached hydrogens (tertiary/aromatic N) is 2. The van der Waals surface area contributed by atoms with Crippen molar-refractivity contribution in [3.63, 3.8) is 0 Å². The van der Waals surface area contributed by atoms with Crippen LogP contribution < -0.4 is 5.69 Å². The summed E-state index contributed by atoms with van der Waals surface area (Å²) in [7, 11) is 0. The SMILES string of the molecule is O=C(O)C1(n2cccnc2=O)CCSCC1. The number of rotatable bonds is 2. The Kier molecular flexibility index (Phi) is 3.00. The van der Waals surface area contributed by atoms with Crippen molar-refractivity contribution in [1.29, 1.82) is 0 Å². The van der Waals surface area contributed by atoms with Gasteiger partial charge in [0.25, 0.3) is 0 Å². The van der Waals surface area contributed by atoms with E-state index in [9.17, 15) is 14.7 Å². The molecule has 6 heteroatoms. The van der Waals surface area contributed by atoms with Gasteiger partial charge in [-0.25, -0.2) is 14.6 Å². The Morgan fingerprint density at radius 3 is 2.75 bits per heavy atom. The van der Waals surface area contributed by atoms with Crippen molar-refractivity contribution >= 4 is 17.7 Å². The summed E-state index contributed by atoms with van der Waals surface area (Å²) >= 11 is 1.72. The van der Waals surface area contributed by atoms with Crippen LogP contribution in [0.4, 0.5) is 0 Å². The zero-order chi connectivity index (χ0) is 11.6. The topological polar surface area (TPSA) is 72.2 Å². The van der Waals surface area contributed by atoms with E-state index in [1.165, 1.54) is 17.0 Å². The molecule has 1 aliphatic heterocycles. The van der Waals surface area contributed by atoms with Crippen LogP contribution in [-0.4, -0.2) is 32.1 Å². The van der Waals surface area contributed by atoms with Crippen molar-refractivity contribution in [2.75, 3.05) is 11.5 Å². The van der Waals surface area contributed by atoms with Crippen LogP contribution in [0.3, 0.4) is 0 Å². The smallest absolute Gasteiger partial charge is 0.348 e. The number of thioether (sulfide) groups is 1. The minimum Gasteiger partial charge on any atom is -0.479 e. The fourth-order valence-electron chi connectivity index (χ4n) is 1.95. The lowest BCUT2D eigenvalue weighted by Crippen LogP contribution is -2.50. The summed E-state index contributed by atoms with van der Waals surface area (Å²) < 4.78 is 1.26. The van der Waals surface area contributed by atoms with Gasteiger partial charge in [0.15, 0.2) is 0 Å². The Bertz CT molecular complexity index is 451. The molecule has 5 nitrogen and oxygen atoms in total. The van der Waals surface area contributed by atoms with Crippen molar-refractivity contribution in [3.8, 4) is 0 Å². The molecule has 0 unspecified atom stereocenters. The van der Waals surface area contributed by atoms with Crippen LogP contribution in [0.2, 0.25) is 0 Å². The first kappa shape index (κ1) is 11.2. The highest BCUT2D eigenvalue weighted by Crippen LogP contribution is 2.32. The molecule has 1 fully saturated rings. The second-order valence-corrected chi connectivity index (χ2v) is 4.95.